The maximum absolute atomic E-state index is 12.4. The van der Waals surface area contributed by atoms with Gasteiger partial charge >= 0.3 is 6.61 Å². The lowest BCUT2D eigenvalue weighted by atomic mass is 10.0. The summed E-state index contributed by atoms with van der Waals surface area (Å²) in [5.74, 6) is -0.159. The molecule has 0 aliphatic carbocycles. The quantitative estimate of drug-likeness (QED) is 0.544. The molecule has 1 amide bonds. The van der Waals surface area contributed by atoms with Gasteiger partial charge in [-0.3, -0.25) is 4.79 Å². The fourth-order valence-electron chi connectivity index (χ4n) is 2.40. The lowest BCUT2D eigenvalue weighted by molar-refractivity contribution is -0.116. The van der Waals surface area contributed by atoms with Crippen LogP contribution in [0.25, 0.3) is 5.57 Å². The van der Waals surface area contributed by atoms with Crippen molar-refractivity contribution in [3.05, 3.63) is 65.4 Å². The average Bonchev–Trinajstić information content (AvgIpc) is 2.64. The number of rotatable bonds is 8. The number of hydrogen-bond donors (Lipinski definition) is 2. The second-order valence-corrected chi connectivity index (χ2v) is 5.81. The Bertz CT molecular complexity index is 804. The third-order valence-corrected chi connectivity index (χ3v) is 3.84. The van der Waals surface area contributed by atoms with Gasteiger partial charge in [-0.2, -0.15) is 8.78 Å². The first-order chi connectivity index (χ1) is 12.9. The minimum Gasteiger partial charge on any atom is -0.504 e. The van der Waals surface area contributed by atoms with Crippen LogP contribution in [0.1, 0.15) is 16.7 Å². The summed E-state index contributed by atoms with van der Waals surface area (Å²) in [4.78, 5) is 12.4. The number of alkyl halides is 2. The fourth-order valence-corrected chi connectivity index (χ4v) is 2.40. The number of amides is 1. The maximum atomic E-state index is 12.4. The van der Waals surface area contributed by atoms with E-state index < -0.39 is 12.5 Å². The number of methoxy groups -OCH3 is 1. The molecule has 2 aromatic rings. The molecule has 2 aromatic carbocycles. The van der Waals surface area contributed by atoms with E-state index in [1.54, 1.807) is 36.4 Å². The standard InChI is InChI=1S/C20H21F2NO4/c1-13-3-6-15(7-4-13)16(12-27-20(21)22)19(25)23-10-9-14-5-8-17(24)18(11-14)26-2/h3-8,11-12,20,24H,9-10H2,1-2H3,(H,23,25). The van der Waals surface area contributed by atoms with Crippen molar-refractivity contribution in [2.75, 3.05) is 13.7 Å². The predicted molar refractivity (Wildman–Crippen MR) is 97.6 cm³/mol. The molecule has 0 spiro atoms. The van der Waals surface area contributed by atoms with Crippen LogP contribution in [-0.2, 0) is 16.0 Å². The Morgan fingerprint density at radius 3 is 2.56 bits per heavy atom. The number of hydrogen-bond acceptors (Lipinski definition) is 4. The highest BCUT2D eigenvalue weighted by Crippen LogP contribution is 2.26. The second-order valence-electron chi connectivity index (χ2n) is 5.81. The van der Waals surface area contributed by atoms with Gasteiger partial charge in [0.2, 0.25) is 0 Å². The molecule has 5 nitrogen and oxygen atoms in total. The largest absolute Gasteiger partial charge is 0.504 e. The molecule has 144 valence electrons. The molecule has 0 radical (unpaired) electrons. The number of carbonyl (C=O) groups excluding carboxylic acids is 1. The highest BCUT2D eigenvalue weighted by molar-refractivity contribution is 6.19. The molecule has 0 atom stereocenters. The third-order valence-electron chi connectivity index (χ3n) is 3.84. The highest BCUT2D eigenvalue weighted by Gasteiger charge is 2.14. The molecule has 0 fully saturated rings. The normalized spacial score (nSPS) is 11.4. The van der Waals surface area contributed by atoms with E-state index in [0.29, 0.717) is 17.7 Å². The molecule has 0 heterocycles. The Morgan fingerprint density at radius 1 is 1.22 bits per heavy atom. The molecule has 0 aliphatic heterocycles. The number of carbonyl (C=O) groups is 1. The van der Waals surface area contributed by atoms with Crippen molar-refractivity contribution in [2.24, 2.45) is 0 Å². The molecule has 2 N–H and O–H groups in total. The molecule has 0 saturated heterocycles. The molecule has 0 aromatic heterocycles. The SMILES string of the molecule is COc1cc(CCNC(=O)C(=COC(F)F)c2ccc(C)cc2)ccc1O. The van der Waals surface area contributed by atoms with E-state index in [2.05, 4.69) is 10.1 Å². The van der Waals surface area contributed by atoms with Gasteiger partial charge in [-0.1, -0.05) is 35.9 Å². The summed E-state index contributed by atoms with van der Waals surface area (Å²) in [5, 5.41) is 12.3. The predicted octanol–water partition coefficient (Wildman–Crippen LogP) is 3.65. The summed E-state index contributed by atoms with van der Waals surface area (Å²) >= 11 is 0. The lowest BCUT2D eigenvalue weighted by Gasteiger charge is -2.11. The van der Waals surface area contributed by atoms with E-state index in [-0.39, 0.29) is 17.9 Å². The van der Waals surface area contributed by atoms with Crippen molar-refractivity contribution in [1.29, 1.82) is 0 Å². The zero-order chi connectivity index (χ0) is 19.8. The summed E-state index contributed by atoms with van der Waals surface area (Å²) in [5.41, 5.74) is 2.31. The first kappa shape index (κ1) is 20.2. The van der Waals surface area contributed by atoms with E-state index in [9.17, 15) is 18.7 Å². The number of halogens is 2. The average molecular weight is 377 g/mol. The van der Waals surface area contributed by atoms with E-state index in [1.165, 1.54) is 13.2 Å². The van der Waals surface area contributed by atoms with Crippen molar-refractivity contribution >= 4 is 11.5 Å². The topological polar surface area (TPSA) is 67.8 Å². The van der Waals surface area contributed by atoms with E-state index >= 15 is 0 Å². The van der Waals surface area contributed by atoms with Crippen LogP contribution in [0.2, 0.25) is 0 Å². The number of aromatic hydroxyl groups is 1. The molecular formula is C20H21F2NO4. The molecular weight excluding hydrogens is 356 g/mol. The van der Waals surface area contributed by atoms with Gasteiger partial charge in [-0.25, -0.2) is 0 Å². The zero-order valence-electron chi connectivity index (χ0n) is 15.0. The number of aryl methyl sites for hydroxylation is 1. The van der Waals surface area contributed by atoms with Gasteiger partial charge in [-0.15, -0.1) is 0 Å². The molecule has 0 bridgehead atoms. The Kier molecular flexibility index (Phi) is 7.16. The molecule has 27 heavy (non-hydrogen) atoms. The van der Waals surface area contributed by atoms with Crippen LogP contribution >= 0.6 is 0 Å². The van der Waals surface area contributed by atoms with Crippen LogP contribution in [0, 0.1) is 6.92 Å². The number of phenolic OH excluding ortho intramolecular Hbond substituents is 1. The summed E-state index contributed by atoms with van der Waals surface area (Å²) in [7, 11) is 1.45. The monoisotopic (exact) mass is 377 g/mol. The number of nitrogens with one attached hydrogen (secondary N) is 1. The molecule has 7 heteroatoms. The van der Waals surface area contributed by atoms with Gasteiger partial charge < -0.3 is 19.9 Å². The second kappa shape index (κ2) is 9.56. The fraction of sp³-hybridized carbons (Fsp3) is 0.250. The Morgan fingerprint density at radius 2 is 1.93 bits per heavy atom. The van der Waals surface area contributed by atoms with Crippen LogP contribution in [0.3, 0.4) is 0 Å². The third kappa shape index (κ3) is 5.99. The summed E-state index contributed by atoms with van der Waals surface area (Å²) in [6.07, 6.45) is 1.24. The highest BCUT2D eigenvalue weighted by atomic mass is 19.3. The van der Waals surface area contributed by atoms with Gasteiger partial charge in [0.25, 0.3) is 5.91 Å². The Balaban J connectivity index is 2.05. The Hall–Kier alpha value is -3.09. The Labute approximate surface area is 156 Å². The van der Waals surface area contributed by atoms with Crippen molar-refractivity contribution in [2.45, 2.75) is 20.0 Å². The minimum atomic E-state index is -3.01. The molecule has 0 saturated carbocycles. The van der Waals surface area contributed by atoms with E-state index in [0.717, 1.165) is 17.4 Å². The number of benzene rings is 2. The summed E-state index contributed by atoms with van der Waals surface area (Å²) in [6, 6.07) is 11.8. The van der Waals surface area contributed by atoms with Crippen molar-refractivity contribution < 1.29 is 28.2 Å². The summed E-state index contributed by atoms with van der Waals surface area (Å²) < 4.78 is 34.0. The van der Waals surface area contributed by atoms with Crippen LogP contribution in [-0.4, -0.2) is 31.3 Å². The number of phenols is 1. The van der Waals surface area contributed by atoms with Crippen LogP contribution in [0.5, 0.6) is 11.5 Å². The smallest absolute Gasteiger partial charge is 0.386 e. The zero-order valence-corrected chi connectivity index (χ0v) is 15.0. The molecule has 0 aliphatic rings. The van der Waals surface area contributed by atoms with Crippen molar-refractivity contribution in [3.8, 4) is 11.5 Å². The number of ether oxygens (including phenoxy) is 2. The van der Waals surface area contributed by atoms with Crippen LogP contribution < -0.4 is 10.1 Å². The van der Waals surface area contributed by atoms with Gasteiger partial charge in [0, 0.05) is 6.54 Å². The maximum Gasteiger partial charge on any atom is 0.386 e. The van der Waals surface area contributed by atoms with Crippen LogP contribution in [0.4, 0.5) is 8.78 Å². The van der Waals surface area contributed by atoms with E-state index in [1.807, 2.05) is 6.92 Å². The van der Waals surface area contributed by atoms with Crippen molar-refractivity contribution in [1.82, 2.24) is 5.32 Å². The van der Waals surface area contributed by atoms with Crippen LogP contribution in [0.15, 0.2) is 48.7 Å². The van der Waals surface area contributed by atoms with Gasteiger partial charge in [0.15, 0.2) is 11.5 Å². The van der Waals surface area contributed by atoms with Gasteiger partial charge in [0.1, 0.15) is 6.26 Å². The van der Waals surface area contributed by atoms with Crippen molar-refractivity contribution in [3.63, 3.8) is 0 Å². The van der Waals surface area contributed by atoms with Gasteiger partial charge in [0.05, 0.1) is 12.7 Å². The van der Waals surface area contributed by atoms with Gasteiger partial charge in [-0.05, 0) is 36.6 Å². The first-order valence-electron chi connectivity index (χ1n) is 8.25. The first-order valence-corrected chi connectivity index (χ1v) is 8.25. The molecule has 0 unspecified atom stereocenters. The van der Waals surface area contributed by atoms with E-state index in [4.69, 9.17) is 4.74 Å². The summed E-state index contributed by atoms with van der Waals surface area (Å²) in [6.45, 7) is -0.859. The minimum absolute atomic E-state index is 0.0126. The lowest BCUT2D eigenvalue weighted by Crippen LogP contribution is -2.26. The molecule has 2 rings (SSSR count).